The molecule has 0 aliphatic carbocycles. The van der Waals surface area contributed by atoms with Crippen LogP contribution in [-0.4, -0.2) is 6.04 Å². The topological polar surface area (TPSA) is 12.0 Å². The van der Waals surface area contributed by atoms with Crippen molar-refractivity contribution in [3.8, 4) is 0 Å². The Morgan fingerprint density at radius 1 is 1.54 bits per heavy atom. The lowest BCUT2D eigenvalue weighted by Gasteiger charge is -2.24. The predicted molar refractivity (Wildman–Crippen MR) is 55.5 cm³/mol. The van der Waals surface area contributed by atoms with E-state index in [1.54, 1.807) is 6.07 Å². The molecule has 0 saturated carbocycles. The summed E-state index contributed by atoms with van der Waals surface area (Å²) in [6.07, 6.45) is 2.04. The van der Waals surface area contributed by atoms with E-state index in [9.17, 15) is 4.39 Å². The Bertz CT molecular complexity index is 338. The molecular formula is C10H11BrFN. The first kappa shape index (κ1) is 9.00. The van der Waals surface area contributed by atoms with Crippen molar-refractivity contribution in [3.05, 3.63) is 28.0 Å². The van der Waals surface area contributed by atoms with Crippen LogP contribution in [0.1, 0.15) is 18.9 Å². The minimum atomic E-state index is -0.171. The Hall–Kier alpha value is -0.570. The first-order chi connectivity index (χ1) is 6.16. The van der Waals surface area contributed by atoms with Crippen molar-refractivity contribution in [1.29, 1.82) is 0 Å². The van der Waals surface area contributed by atoms with Gasteiger partial charge in [-0.05, 0) is 53.4 Å². The summed E-state index contributed by atoms with van der Waals surface area (Å²) in [5.74, 6) is -0.171. The second kappa shape index (κ2) is 3.29. The fraction of sp³-hybridized carbons (Fsp3) is 0.400. The Kier molecular flexibility index (Phi) is 2.28. The van der Waals surface area contributed by atoms with E-state index >= 15 is 0 Å². The van der Waals surface area contributed by atoms with Gasteiger partial charge >= 0.3 is 0 Å². The Balaban J connectivity index is 2.43. The maximum absolute atomic E-state index is 13.1. The molecule has 1 aromatic rings. The van der Waals surface area contributed by atoms with Crippen LogP contribution in [0.3, 0.4) is 0 Å². The highest BCUT2D eigenvalue weighted by atomic mass is 79.9. The van der Waals surface area contributed by atoms with Gasteiger partial charge in [-0.15, -0.1) is 0 Å². The third-order valence-electron chi connectivity index (χ3n) is 2.39. The smallest absolute Gasteiger partial charge is 0.137 e. The van der Waals surface area contributed by atoms with Crippen LogP contribution >= 0.6 is 15.9 Å². The molecule has 13 heavy (non-hydrogen) atoms. The Labute approximate surface area is 85.5 Å². The molecule has 3 heteroatoms. The van der Waals surface area contributed by atoms with Crippen LogP contribution in [0, 0.1) is 5.82 Å². The number of anilines is 1. The monoisotopic (exact) mass is 243 g/mol. The average Bonchev–Trinajstić information content (AvgIpc) is 2.08. The van der Waals surface area contributed by atoms with E-state index in [-0.39, 0.29) is 5.82 Å². The van der Waals surface area contributed by atoms with E-state index in [0.717, 1.165) is 24.1 Å². The maximum Gasteiger partial charge on any atom is 0.137 e. The van der Waals surface area contributed by atoms with E-state index in [2.05, 4.69) is 28.2 Å². The Morgan fingerprint density at radius 3 is 3.08 bits per heavy atom. The molecule has 70 valence electrons. The van der Waals surface area contributed by atoms with E-state index in [4.69, 9.17) is 0 Å². The predicted octanol–water partition coefficient (Wildman–Crippen LogP) is 3.33. The van der Waals surface area contributed by atoms with Crippen LogP contribution in [0.2, 0.25) is 0 Å². The lowest BCUT2D eigenvalue weighted by molar-refractivity contribution is 0.611. The molecule has 1 aliphatic rings. The van der Waals surface area contributed by atoms with Gasteiger partial charge in [-0.3, -0.25) is 0 Å². The van der Waals surface area contributed by atoms with Gasteiger partial charge in [-0.2, -0.15) is 0 Å². The number of halogens is 2. The molecule has 1 N–H and O–H groups in total. The van der Waals surface area contributed by atoms with Gasteiger partial charge in [-0.1, -0.05) is 0 Å². The molecule has 0 aromatic heterocycles. The normalized spacial score (nSPS) is 20.7. The van der Waals surface area contributed by atoms with E-state index < -0.39 is 0 Å². The lowest BCUT2D eigenvalue weighted by Crippen LogP contribution is -2.21. The summed E-state index contributed by atoms with van der Waals surface area (Å²) in [7, 11) is 0. The van der Waals surface area contributed by atoms with Crippen LogP contribution in [0.5, 0.6) is 0 Å². The van der Waals surface area contributed by atoms with Gasteiger partial charge in [0.15, 0.2) is 0 Å². The van der Waals surface area contributed by atoms with Crippen LogP contribution in [-0.2, 0) is 6.42 Å². The SMILES string of the molecule is CC1CCc2cc(F)c(Br)cc2N1. The molecule has 0 amide bonds. The van der Waals surface area contributed by atoms with E-state index in [1.807, 2.05) is 6.07 Å². The van der Waals surface area contributed by atoms with E-state index in [0.29, 0.717) is 10.5 Å². The second-order valence-corrected chi connectivity index (χ2v) is 4.36. The first-order valence-electron chi connectivity index (χ1n) is 4.41. The van der Waals surface area contributed by atoms with Gasteiger partial charge in [0, 0.05) is 11.7 Å². The molecule has 0 radical (unpaired) electrons. The molecule has 1 nitrogen and oxygen atoms in total. The fourth-order valence-corrected chi connectivity index (χ4v) is 1.98. The highest BCUT2D eigenvalue weighted by Gasteiger charge is 2.15. The van der Waals surface area contributed by atoms with Crippen molar-refractivity contribution < 1.29 is 4.39 Å². The summed E-state index contributed by atoms with van der Waals surface area (Å²) >= 11 is 3.18. The Morgan fingerprint density at radius 2 is 2.31 bits per heavy atom. The quantitative estimate of drug-likeness (QED) is 0.738. The van der Waals surface area contributed by atoms with Crippen molar-refractivity contribution >= 4 is 21.6 Å². The number of benzene rings is 1. The van der Waals surface area contributed by atoms with Gasteiger partial charge < -0.3 is 5.32 Å². The lowest BCUT2D eigenvalue weighted by atomic mass is 9.99. The molecule has 1 atom stereocenters. The molecule has 0 spiro atoms. The summed E-state index contributed by atoms with van der Waals surface area (Å²) in [5.41, 5.74) is 2.14. The molecule has 1 aromatic carbocycles. The number of fused-ring (bicyclic) bond motifs is 1. The summed E-state index contributed by atoms with van der Waals surface area (Å²) in [4.78, 5) is 0. The fourth-order valence-electron chi connectivity index (χ4n) is 1.64. The highest BCUT2D eigenvalue weighted by molar-refractivity contribution is 9.10. The number of hydrogen-bond acceptors (Lipinski definition) is 1. The zero-order valence-corrected chi connectivity index (χ0v) is 8.99. The standard InChI is InChI=1S/C10H11BrFN/c1-6-2-3-7-4-9(12)8(11)5-10(7)13-6/h4-6,13H,2-3H2,1H3. The first-order valence-corrected chi connectivity index (χ1v) is 5.20. The summed E-state index contributed by atoms with van der Waals surface area (Å²) in [6.45, 7) is 2.14. The summed E-state index contributed by atoms with van der Waals surface area (Å²) in [6, 6.07) is 3.92. The summed E-state index contributed by atoms with van der Waals surface area (Å²) < 4.78 is 13.7. The largest absolute Gasteiger partial charge is 0.382 e. The van der Waals surface area contributed by atoms with Crippen molar-refractivity contribution in [2.45, 2.75) is 25.8 Å². The van der Waals surface area contributed by atoms with Crippen molar-refractivity contribution in [3.63, 3.8) is 0 Å². The molecule has 1 heterocycles. The second-order valence-electron chi connectivity index (χ2n) is 3.51. The summed E-state index contributed by atoms with van der Waals surface area (Å²) in [5, 5.41) is 3.33. The van der Waals surface area contributed by atoms with Crippen LogP contribution < -0.4 is 5.32 Å². The molecule has 1 aliphatic heterocycles. The van der Waals surface area contributed by atoms with Gasteiger partial charge in [0.05, 0.1) is 4.47 Å². The van der Waals surface area contributed by atoms with Crippen LogP contribution in [0.4, 0.5) is 10.1 Å². The molecule has 0 bridgehead atoms. The molecule has 0 saturated heterocycles. The molecule has 1 unspecified atom stereocenters. The minimum absolute atomic E-state index is 0.171. The van der Waals surface area contributed by atoms with Gasteiger partial charge in [0.25, 0.3) is 0 Å². The molecule has 2 rings (SSSR count). The van der Waals surface area contributed by atoms with Crippen LogP contribution in [0.25, 0.3) is 0 Å². The number of hydrogen-bond donors (Lipinski definition) is 1. The maximum atomic E-state index is 13.1. The van der Waals surface area contributed by atoms with Crippen LogP contribution in [0.15, 0.2) is 16.6 Å². The zero-order valence-electron chi connectivity index (χ0n) is 7.40. The van der Waals surface area contributed by atoms with Crippen molar-refractivity contribution in [2.24, 2.45) is 0 Å². The van der Waals surface area contributed by atoms with E-state index in [1.165, 1.54) is 0 Å². The molecule has 0 fully saturated rings. The third kappa shape index (κ3) is 1.70. The number of nitrogens with one attached hydrogen (secondary N) is 1. The van der Waals surface area contributed by atoms with Gasteiger partial charge in [-0.25, -0.2) is 4.39 Å². The van der Waals surface area contributed by atoms with Gasteiger partial charge in [0.1, 0.15) is 5.82 Å². The minimum Gasteiger partial charge on any atom is -0.382 e. The van der Waals surface area contributed by atoms with Crippen molar-refractivity contribution in [2.75, 3.05) is 5.32 Å². The van der Waals surface area contributed by atoms with Gasteiger partial charge in [0.2, 0.25) is 0 Å². The van der Waals surface area contributed by atoms with Crippen molar-refractivity contribution in [1.82, 2.24) is 0 Å². The zero-order chi connectivity index (χ0) is 9.42. The average molecular weight is 244 g/mol. The number of aryl methyl sites for hydroxylation is 1. The number of rotatable bonds is 0. The molecular weight excluding hydrogens is 233 g/mol. The third-order valence-corrected chi connectivity index (χ3v) is 3.00. The highest BCUT2D eigenvalue weighted by Crippen LogP contribution is 2.29.